The van der Waals surface area contributed by atoms with Gasteiger partial charge in [-0.25, -0.2) is 4.79 Å². The summed E-state index contributed by atoms with van der Waals surface area (Å²) in [5.41, 5.74) is -0.442. The Morgan fingerprint density at radius 3 is 2.33 bits per heavy atom. The lowest BCUT2D eigenvalue weighted by Gasteiger charge is -2.30. The van der Waals surface area contributed by atoms with Gasteiger partial charge in [0.2, 0.25) is 0 Å². The molecular formula is C16H33N3O2. The molecule has 5 nitrogen and oxygen atoms in total. The maximum absolute atomic E-state index is 11.6. The monoisotopic (exact) mass is 299 g/mol. The Morgan fingerprint density at radius 1 is 1.14 bits per heavy atom. The third kappa shape index (κ3) is 8.94. The number of alkyl carbamates (subject to hydrolysis) is 1. The summed E-state index contributed by atoms with van der Waals surface area (Å²) < 4.78 is 5.23. The smallest absolute Gasteiger partial charge is 0.407 e. The lowest BCUT2D eigenvalue weighted by molar-refractivity contribution is 0.0522. The van der Waals surface area contributed by atoms with Crippen molar-refractivity contribution in [3.05, 3.63) is 0 Å². The van der Waals surface area contributed by atoms with Gasteiger partial charge in [0.15, 0.2) is 0 Å². The molecule has 1 aliphatic heterocycles. The van der Waals surface area contributed by atoms with Gasteiger partial charge in [-0.3, -0.25) is 0 Å². The molecule has 1 fully saturated rings. The number of carbonyl (C=O) groups is 1. The van der Waals surface area contributed by atoms with Gasteiger partial charge in [-0.1, -0.05) is 6.42 Å². The van der Waals surface area contributed by atoms with Crippen LogP contribution in [0.5, 0.6) is 0 Å². The largest absolute Gasteiger partial charge is 0.444 e. The van der Waals surface area contributed by atoms with E-state index in [1.165, 1.54) is 32.4 Å². The molecular weight excluding hydrogens is 266 g/mol. The number of hydrogen-bond donors (Lipinski definition) is 2. The SMILES string of the molecule is CC(CNC(=O)OC(C)(C)C)NC(C)CN1CCCCC1. The van der Waals surface area contributed by atoms with E-state index in [0.717, 1.165) is 6.54 Å². The van der Waals surface area contributed by atoms with Crippen molar-refractivity contribution in [2.45, 2.75) is 71.6 Å². The van der Waals surface area contributed by atoms with Crippen LogP contribution < -0.4 is 10.6 Å². The second kappa shape index (κ2) is 8.59. The Labute approximate surface area is 129 Å². The molecule has 5 heteroatoms. The van der Waals surface area contributed by atoms with Crippen LogP contribution in [-0.2, 0) is 4.74 Å². The highest BCUT2D eigenvalue weighted by atomic mass is 16.6. The number of rotatable bonds is 6. The zero-order valence-electron chi connectivity index (χ0n) is 14.4. The van der Waals surface area contributed by atoms with Crippen molar-refractivity contribution >= 4 is 6.09 Å². The number of ether oxygens (including phenoxy) is 1. The summed E-state index contributed by atoms with van der Waals surface area (Å²) in [6.45, 7) is 14.0. The van der Waals surface area contributed by atoms with Gasteiger partial charge in [0, 0.05) is 25.2 Å². The van der Waals surface area contributed by atoms with Gasteiger partial charge >= 0.3 is 6.09 Å². The molecule has 1 aliphatic rings. The molecule has 0 bridgehead atoms. The highest BCUT2D eigenvalue weighted by Gasteiger charge is 2.18. The van der Waals surface area contributed by atoms with Crippen molar-refractivity contribution in [3.63, 3.8) is 0 Å². The number of likely N-dealkylation sites (tertiary alicyclic amines) is 1. The molecule has 0 radical (unpaired) electrons. The number of nitrogens with one attached hydrogen (secondary N) is 2. The number of piperidine rings is 1. The van der Waals surface area contributed by atoms with Crippen LogP contribution in [0.1, 0.15) is 53.9 Å². The number of hydrogen-bond acceptors (Lipinski definition) is 4. The highest BCUT2D eigenvalue weighted by molar-refractivity contribution is 5.67. The third-order valence-electron chi connectivity index (χ3n) is 3.50. The molecule has 0 aliphatic carbocycles. The quantitative estimate of drug-likeness (QED) is 0.790. The van der Waals surface area contributed by atoms with Crippen molar-refractivity contribution in [3.8, 4) is 0 Å². The van der Waals surface area contributed by atoms with E-state index >= 15 is 0 Å². The van der Waals surface area contributed by atoms with Gasteiger partial charge in [-0.2, -0.15) is 0 Å². The van der Waals surface area contributed by atoms with Crippen LogP contribution in [0.4, 0.5) is 4.79 Å². The minimum absolute atomic E-state index is 0.234. The Kier molecular flexibility index (Phi) is 7.46. The van der Waals surface area contributed by atoms with E-state index in [0.29, 0.717) is 12.6 Å². The molecule has 2 unspecified atom stereocenters. The molecule has 1 amide bonds. The van der Waals surface area contributed by atoms with Gasteiger partial charge in [-0.05, 0) is 60.5 Å². The summed E-state index contributed by atoms with van der Waals surface area (Å²) in [6, 6.07) is 0.663. The maximum atomic E-state index is 11.6. The fraction of sp³-hybridized carbons (Fsp3) is 0.938. The van der Waals surface area contributed by atoms with E-state index in [2.05, 4.69) is 29.4 Å². The van der Waals surface area contributed by atoms with Gasteiger partial charge in [0.05, 0.1) is 0 Å². The summed E-state index contributed by atoms with van der Waals surface area (Å²) in [5.74, 6) is 0. The van der Waals surface area contributed by atoms with Crippen molar-refractivity contribution in [1.82, 2.24) is 15.5 Å². The number of carbonyl (C=O) groups excluding carboxylic acids is 1. The minimum Gasteiger partial charge on any atom is -0.444 e. The summed E-state index contributed by atoms with van der Waals surface area (Å²) in [4.78, 5) is 14.1. The van der Waals surface area contributed by atoms with Crippen molar-refractivity contribution in [2.24, 2.45) is 0 Å². The summed E-state index contributed by atoms with van der Waals surface area (Å²) in [6.07, 6.45) is 3.67. The van der Waals surface area contributed by atoms with Crippen molar-refractivity contribution in [2.75, 3.05) is 26.2 Å². The minimum atomic E-state index is -0.442. The van der Waals surface area contributed by atoms with E-state index in [1.54, 1.807) is 0 Å². The number of amides is 1. The molecule has 0 aromatic carbocycles. The normalized spacial score (nSPS) is 19.9. The first-order chi connectivity index (χ1) is 9.76. The average molecular weight is 299 g/mol. The fourth-order valence-corrected chi connectivity index (χ4v) is 2.68. The van der Waals surface area contributed by atoms with Crippen molar-refractivity contribution < 1.29 is 9.53 Å². The molecule has 1 heterocycles. The first-order valence-corrected chi connectivity index (χ1v) is 8.21. The Balaban J connectivity index is 2.17. The second-order valence-corrected chi connectivity index (χ2v) is 7.21. The van der Waals surface area contributed by atoms with Crippen LogP contribution in [0.15, 0.2) is 0 Å². The molecule has 124 valence electrons. The molecule has 0 aromatic heterocycles. The molecule has 0 aromatic rings. The summed E-state index contributed by atoms with van der Waals surface area (Å²) in [7, 11) is 0. The third-order valence-corrected chi connectivity index (χ3v) is 3.50. The van der Waals surface area contributed by atoms with Crippen LogP contribution in [-0.4, -0.2) is 54.9 Å². The first kappa shape index (κ1) is 18.2. The molecule has 0 saturated carbocycles. The average Bonchev–Trinajstić information content (AvgIpc) is 2.35. The van der Waals surface area contributed by atoms with Crippen LogP contribution in [0.25, 0.3) is 0 Å². The first-order valence-electron chi connectivity index (χ1n) is 8.21. The Morgan fingerprint density at radius 2 is 1.76 bits per heavy atom. The fourth-order valence-electron chi connectivity index (χ4n) is 2.68. The van der Waals surface area contributed by atoms with E-state index < -0.39 is 5.60 Å². The highest BCUT2D eigenvalue weighted by Crippen LogP contribution is 2.09. The van der Waals surface area contributed by atoms with E-state index in [4.69, 9.17) is 4.74 Å². The predicted octanol–water partition coefficient (Wildman–Crippen LogP) is 2.36. The molecule has 2 N–H and O–H groups in total. The molecule has 1 saturated heterocycles. The van der Waals surface area contributed by atoms with Gasteiger partial charge in [-0.15, -0.1) is 0 Å². The molecule has 1 rings (SSSR count). The molecule has 21 heavy (non-hydrogen) atoms. The summed E-state index contributed by atoms with van der Waals surface area (Å²) in [5, 5.41) is 6.34. The number of nitrogens with zero attached hydrogens (tertiary/aromatic N) is 1. The van der Waals surface area contributed by atoms with E-state index in [-0.39, 0.29) is 12.1 Å². The Hall–Kier alpha value is -0.810. The zero-order chi connectivity index (χ0) is 15.9. The van der Waals surface area contributed by atoms with Crippen LogP contribution in [0.3, 0.4) is 0 Å². The maximum Gasteiger partial charge on any atom is 0.407 e. The topological polar surface area (TPSA) is 53.6 Å². The van der Waals surface area contributed by atoms with Crippen LogP contribution >= 0.6 is 0 Å². The van der Waals surface area contributed by atoms with E-state index in [1.807, 2.05) is 20.8 Å². The lowest BCUT2D eigenvalue weighted by Crippen LogP contribution is -2.48. The Bertz CT molecular complexity index is 309. The van der Waals surface area contributed by atoms with E-state index in [9.17, 15) is 4.79 Å². The molecule has 0 spiro atoms. The zero-order valence-corrected chi connectivity index (χ0v) is 14.4. The van der Waals surface area contributed by atoms with Crippen molar-refractivity contribution in [1.29, 1.82) is 0 Å². The van der Waals surface area contributed by atoms with Crippen LogP contribution in [0, 0.1) is 0 Å². The van der Waals surface area contributed by atoms with Crippen LogP contribution in [0.2, 0.25) is 0 Å². The lowest BCUT2D eigenvalue weighted by atomic mass is 10.1. The summed E-state index contributed by atoms with van der Waals surface area (Å²) >= 11 is 0. The molecule has 2 atom stereocenters. The predicted molar refractivity (Wildman–Crippen MR) is 86.6 cm³/mol. The van der Waals surface area contributed by atoms with Gasteiger partial charge < -0.3 is 20.3 Å². The van der Waals surface area contributed by atoms with Gasteiger partial charge in [0.1, 0.15) is 5.60 Å². The second-order valence-electron chi connectivity index (χ2n) is 7.21. The van der Waals surface area contributed by atoms with Gasteiger partial charge in [0.25, 0.3) is 0 Å². The standard InChI is InChI=1S/C16H33N3O2/c1-13(11-17-15(20)21-16(3,4)5)18-14(2)12-19-9-7-6-8-10-19/h13-14,18H,6-12H2,1-5H3,(H,17,20).